The third-order valence-corrected chi connectivity index (χ3v) is 3.36. The Kier molecular flexibility index (Phi) is 4.56. The summed E-state index contributed by atoms with van der Waals surface area (Å²) < 4.78 is 0. The van der Waals surface area contributed by atoms with Crippen LogP contribution < -0.4 is 10.6 Å². The molecule has 2 amide bonds. The summed E-state index contributed by atoms with van der Waals surface area (Å²) in [6, 6.07) is 7.04. The van der Waals surface area contributed by atoms with Gasteiger partial charge in [0.2, 0.25) is 5.91 Å². The molecule has 4 nitrogen and oxygen atoms in total. The molecule has 0 radical (unpaired) electrons. The summed E-state index contributed by atoms with van der Waals surface area (Å²) in [7, 11) is 0. The minimum Gasteiger partial charge on any atom is -0.350 e. The van der Waals surface area contributed by atoms with E-state index in [-0.39, 0.29) is 17.9 Å². The monoisotopic (exact) mass is 272 g/mol. The van der Waals surface area contributed by atoms with Crippen molar-refractivity contribution in [2.45, 2.75) is 32.2 Å². The molecule has 1 aromatic carbocycles. The fourth-order valence-corrected chi connectivity index (χ4v) is 2.12. The van der Waals surface area contributed by atoms with Crippen molar-refractivity contribution in [1.82, 2.24) is 5.32 Å². The molecule has 0 aliphatic heterocycles. The molecule has 1 aliphatic rings. The zero-order chi connectivity index (χ0) is 14.5. The first kappa shape index (κ1) is 14.3. The highest BCUT2D eigenvalue weighted by atomic mass is 16.2. The molecular weight excluding hydrogens is 252 g/mol. The van der Waals surface area contributed by atoms with Crippen molar-refractivity contribution in [3.63, 3.8) is 0 Å². The standard InChI is InChI=1S/C16H20N2O2/c1-3-15(19)18-14-8-6-13(7-9-14)16(20)17-11(2)10-12-4-5-12/h3,6-9,11-12H,1,4-5,10H2,2H3,(H,17,20)(H,18,19)/t11-/m1/s1. The number of amides is 2. The van der Waals surface area contributed by atoms with Crippen molar-refractivity contribution in [2.24, 2.45) is 5.92 Å². The molecule has 0 spiro atoms. The zero-order valence-corrected chi connectivity index (χ0v) is 11.7. The van der Waals surface area contributed by atoms with Crippen LogP contribution in [0.3, 0.4) is 0 Å². The van der Waals surface area contributed by atoms with Crippen molar-refractivity contribution in [2.75, 3.05) is 5.32 Å². The number of anilines is 1. The quantitative estimate of drug-likeness (QED) is 0.782. The van der Waals surface area contributed by atoms with Crippen molar-refractivity contribution in [1.29, 1.82) is 0 Å². The molecule has 4 heteroatoms. The van der Waals surface area contributed by atoms with Gasteiger partial charge < -0.3 is 10.6 Å². The van der Waals surface area contributed by atoms with E-state index in [9.17, 15) is 9.59 Å². The summed E-state index contributed by atoms with van der Waals surface area (Å²) in [5.41, 5.74) is 1.25. The fraction of sp³-hybridized carbons (Fsp3) is 0.375. The van der Waals surface area contributed by atoms with Crippen molar-refractivity contribution in [3.05, 3.63) is 42.5 Å². The van der Waals surface area contributed by atoms with Gasteiger partial charge in [-0.3, -0.25) is 9.59 Å². The summed E-state index contributed by atoms with van der Waals surface area (Å²) in [4.78, 5) is 23.2. The van der Waals surface area contributed by atoms with E-state index in [1.165, 1.54) is 18.9 Å². The Labute approximate surface area is 119 Å². The number of carbonyl (C=O) groups excluding carboxylic acids is 2. The average molecular weight is 272 g/mol. The van der Waals surface area contributed by atoms with Gasteiger partial charge in [0.1, 0.15) is 0 Å². The van der Waals surface area contributed by atoms with Gasteiger partial charge in [-0.25, -0.2) is 0 Å². The van der Waals surface area contributed by atoms with Gasteiger partial charge >= 0.3 is 0 Å². The van der Waals surface area contributed by atoms with Gasteiger partial charge in [0.25, 0.3) is 5.91 Å². The first-order valence-electron chi connectivity index (χ1n) is 6.93. The first-order valence-corrected chi connectivity index (χ1v) is 6.93. The van der Waals surface area contributed by atoms with E-state index in [4.69, 9.17) is 0 Å². The molecule has 2 rings (SSSR count). The maximum atomic E-state index is 12.0. The maximum Gasteiger partial charge on any atom is 0.251 e. The van der Waals surface area contributed by atoms with Crippen LogP contribution in [0.4, 0.5) is 5.69 Å². The average Bonchev–Trinajstić information content (AvgIpc) is 3.23. The zero-order valence-electron chi connectivity index (χ0n) is 11.7. The van der Waals surface area contributed by atoms with E-state index in [0.717, 1.165) is 12.3 Å². The molecule has 106 valence electrons. The Bertz CT molecular complexity index is 504. The summed E-state index contributed by atoms with van der Waals surface area (Å²) in [6.07, 6.45) is 4.84. The molecule has 1 atom stereocenters. The van der Waals surface area contributed by atoms with E-state index in [2.05, 4.69) is 17.2 Å². The lowest BCUT2D eigenvalue weighted by molar-refractivity contribution is -0.111. The number of hydrogen-bond acceptors (Lipinski definition) is 2. The van der Waals surface area contributed by atoms with Crippen molar-refractivity contribution in [3.8, 4) is 0 Å². The number of nitrogens with one attached hydrogen (secondary N) is 2. The normalized spacial score (nSPS) is 15.2. The van der Waals surface area contributed by atoms with E-state index in [1.807, 2.05) is 6.92 Å². The van der Waals surface area contributed by atoms with Crippen LogP contribution in [0.25, 0.3) is 0 Å². The second-order valence-corrected chi connectivity index (χ2v) is 5.32. The van der Waals surface area contributed by atoms with Crippen LogP contribution in [0.5, 0.6) is 0 Å². The van der Waals surface area contributed by atoms with Crippen LogP contribution in [0.15, 0.2) is 36.9 Å². The third kappa shape index (κ3) is 4.23. The lowest BCUT2D eigenvalue weighted by Gasteiger charge is -2.13. The Hall–Kier alpha value is -2.10. The van der Waals surface area contributed by atoms with E-state index < -0.39 is 0 Å². The molecule has 0 unspecified atom stereocenters. The highest BCUT2D eigenvalue weighted by molar-refractivity contribution is 5.99. The van der Waals surface area contributed by atoms with Crippen LogP contribution >= 0.6 is 0 Å². The number of hydrogen-bond donors (Lipinski definition) is 2. The molecule has 0 aromatic heterocycles. The van der Waals surface area contributed by atoms with Crippen molar-refractivity contribution < 1.29 is 9.59 Å². The number of benzene rings is 1. The van der Waals surface area contributed by atoms with E-state index >= 15 is 0 Å². The molecular formula is C16H20N2O2. The van der Waals surface area contributed by atoms with E-state index in [0.29, 0.717) is 11.3 Å². The SMILES string of the molecule is C=CC(=O)Nc1ccc(C(=O)N[C@H](C)CC2CC2)cc1. The van der Waals surface area contributed by atoms with E-state index in [1.54, 1.807) is 24.3 Å². The van der Waals surface area contributed by atoms with Crippen LogP contribution in [-0.2, 0) is 4.79 Å². The van der Waals surface area contributed by atoms with Gasteiger partial charge in [0.15, 0.2) is 0 Å². The number of rotatable bonds is 6. The lowest BCUT2D eigenvalue weighted by Crippen LogP contribution is -2.32. The van der Waals surface area contributed by atoms with Gasteiger partial charge in [-0.15, -0.1) is 0 Å². The molecule has 20 heavy (non-hydrogen) atoms. The smallest absolute Gasteiger partial charge is 0.251 e. The highest BCUT2D eigenvalue weighted by Crippen LogP contribution is 2.33. The summed E-state index contributed by atoms with van der Waals surface area (Å²) >= 11 is 0. The minimum atomic E-state index is -0.264. The predicted molar refractivity (Wildman–Crippen MR) is 79.5 cm³/mol. The Balaban J connectivity index is 1.89. The second-order valence-electron chi connectivity index (χ2n) is 5.32. The van der Waals surface area contributed by atoms with Gasteiger partial charge in [0, 0.05) is 17.3 Å². The lowest BCUT2D eigenvalue weighted by atomic mass is 10.1. The third-order valence-electron chi connectivity index (χ3n) is 3.36. The van der Waals surface area contributed by atoms with Gasteiger partial charge in [0.05, 0.1) is 0 Å². The molecule has 0 heterocycles. The summed E-state index contributed by atoms with van der Waals surface area (Å²) in [6.45, 7) is 5.42. The largest absolute Gasteiger partial charge is 0.350 e. The topological polar surface area (TPSA) is 58.2 Å². The highest BCUT2D eigenvalue weighted by Gasteiger charge is 2.24. The molecule has 0 saturated heterocycles. The fourth-order valence-electron chi connectivity index (χ4n) is 2.12. The molecule has 0 bridgehead atoms. The molecule has 1 aromatic rings. The van der Waals surface area contributed by atoms with Gasteiger partial charge in [-0.05, 0) is 49.6 Å². The van der Waals surface area contributed by atoms with Crippen LogP contribution in [-0.4, -0.2) is 17.9 Å². The Morgan fingerprint density at radius 2 is 2.00 bits per heavy atom. The maximum absolute atomic E-state index is 12.0. The van der Waals surface area contributed by atoms with Gasteiger partial charge in [-0.2, -0.15) is 0 Å². The first-order chi connectivity index (χ1) is 9.58. The van der Waals surface area contributed by atoms with Crippen LogP contribution in [0, 0.1) is 5.92 Å². The van der Waals surface area contributed by atoms with Crippen LogP contribution in [0.1, 0.15) is 36.5 Å². The molecule has 1 saturated carbocycles. The molecule has 2 N–H and O–H groups in total. The Morgan fingerprint density at radius 3 is 2.55 bits per heavy atom. The second kappa shape index (κ2) is 6.37. The summed E-state index contributed by atoms with van der Waals surface area (Å²) in [5, 5.41) is 5.64. The number of carbonyl (C=O) groups is 2. The predicted octanol–water partition coefficient (Wildman–Crippen LogP) is 2.73. The summed E-state index contributed by atoms with van der Waals surface area (Å²) in [5.74, 6) is 0.460. The minimum absolute atomic E-state index is 0.0697. The van der Waals surface area contributed by atoms with Crippen LogP contribution in [0.2, 0.25) is 0 Å². The molecule has 1 fully saturated rings. The molecule has 1 aliphatic carbocycles. The Morgan fingerprint density at radius 1 is 1.35 bits per heavy atom. The van der Waals surface area contributed by atoms with Gasteiger partial charge in [-0.1, -0.05) is 19.4 Å². The van der Waals surface area contributed by atoms with Crippen molar-refractivity contribution >= 4 is 17.5 Å².